The zero-order valence-electron chi connectivity index (χ0n) is 12.2. The van der Waals surface area contributed by atoms with E-state index in [1.807, 2.05) is 69.4 Å². The second-order valence-electron chi connectivity index (χ2n) is 6.06. The Morgan fingerprint density at radius 3 is 1.96 bits per heavy atom. The Balaban J connectivity index is 2.03. The Morgan fingerprint density at radius 1 is 0.833 bits per heavy atom. The number of rotatable bonds is 0. The number of sulfone groups is 2. The van der Waals surface area contributed by atoms with E-state index in [0.717, 1.165) is 14.7 Å². The minimum absolute atomic E-state index is 0.0100. The molecule has 4 nitrogen and oxygen atoms in total. The van der Waals surface area contributed by atoms with Crippen molar-refractivity contribution in [3.8, 4) is 0 Å². The molecule has 0 N–H and O–H groups in total. The summed E-state index contributed by atoms with van der Waals surface area (Å²) in [5.41, 5.74) is 1.86. The van der Waals surface area contributed by atoms with Gasteiger partial charge in [-0.05, 0) is 81.3 Å². The lowest BCUT2D eigenvalue weighted by Crippen LogP contribution is -2.49. The van der Waals surface area contributed by atoms with E-state index in [1.165, 1.54) is 6.07 Å². The van der Waals surface area contributed by atoms with E-state index in [0.29, 0.717) is 3.57 Å². The van der Waals surface area contributed by atoms with Crippen molar-refractivity contribution in [1.82, 2.24) is 0 Å². The number of benzene rings is 2. The van der Waals surface area contributed by atoms with Gasteiger partial charge in [-0.1, -0.05) is 24.3 Å². The first-order valence-corrected chi connectivity index (χ1v) is 12.5. The quantitative estimate of drug-likeness (QED) is 0.446. The van der Waals surface area contributed by atoms with Gasteiger partial charge in [0.05, 0.1) is 20.3 Å². The van der Waals surface area contributed by atoms with Crippen LogP contribution in [0.2, 0.25) is 0 Å². The molecule has 0 saturated heterocycles. The highest BCUT2D eigenvalue weighted by Crippen LogP contribution is 2.44. The Hall–Kier alpha value is -0.200. The highest BCUT2D eigenvalue weighted by Gasteiger charge is 2.52. The van der Waals surface area contributed by atoms with Crippen molar-refractivity contribution in [3.63, 3.8) is 0 Å². The summed E-state index contributed by atoms with van der Waals surface area (Å²) in [7, 11) is -7.38. The van der Waals surface area contributed by atoms with Crippen molar-refractivity contribution < 1.29 is 16.8 Å². The maximum absolute atomic E-state index is 13.2. The molecule has 0 spiro atoms. The highest BCUT2D eigenvalue weighted by atomic mass is 127. The van der Waals surface area contributed by atoms with Gasteiger partial charge in [-0.3, -0.25) is 0 Å². The van der Waals surface area contributed by atoms with Crippen molar-refractivity contribution >= 4 is 64.9 Å². The summed E-state index contributed by atoms with van der Waals surface area (Å²) < 4.78 is 53.9. The van der Waals surface area contributed by atoms with E-state index in [9.17, 15) is 16.8 Å². The van der Waals surface area contributed by atoms with Gasteiger partial charge in [0, 0.05) is 7.14 Å². The van der Waals surface area contributed by atoms with Crippen LogP contribution in [0.5, 0.6) is 0 Å². The normalized spacial score (nSPS) is 26.1. The summed E-state index contributed by atoms with van der Waals surface area (Å²) >= 11 is 3.95. The third-order valence-corrected chi connectivity index (χ3v) is 11.4. The maximum atomic E-state index is 13.2. The van der Waals surface area contributed by atoms with Gasteiger partial charge in [-0.2, -0.15) is 0 Å². The molecule has 2 atom stereocenters. The predicted octanol–water partition coefficient (Wildman–Crippen LogP) is 2.99. The number of halogens is 2. The SMILES string of the molecule is O=S1(=O)c2cc(I)cc(I)c2S(=O)(=O)C2Cc3ccccc3CC21. The summed E-state index contributed by atoms with van der Waals surface area (Å²) in [4.78, 5) is -0.0384. The molecule has 1 heterocycles. The minimum Gasteiger partial charge on any atom is -0.223 e. The van der Waals surface area contributed by atoms with Gasteiger partial charge in [0.25, 0.3) is 0 Å². The molecule has 1 aliphatic heterocycles. The van der Waals surface area contributed by atoms with Crippen molar-refractivity contribution in [2.45, 2.75) is 33.1 Å². The lowest BCUT2D eigenvalue weighted by atomic mass is 9.91. The van der Waals surface area contributed by atoms with E-state index < -0.39 is 30.2 Å². The van der Waals surface area contributed by atoms with Gasteiger partial charge in [0.15, 0.2) is 19.7 Å². The van der Waals surface area contributed by atoms with Crippen LogP contribution < -0.4 is 0 Å². The molecule has 0 saturated carbocycles. The fourth-order valence-electron chi connectivity index (χ4n) is 3.61. The molecule has 126 valence electrons. The first kappa shape index (κ1) is 17.2. The Kier molecular flexibility index (Phi) is 4.05. The fourth-order valence-corrected chi connectivity index (χ4v) is 12.1. The minimum atomic E-state index is -3.69. The topological polar surface area (TPSA) is 68.3 Å². The van der Waals surface area contributed by atoms with Crippen LogP contribution >= 0.6 is 45.2 Å². The molecule has 8 heteroatoms. The first-order chi connectivity index (χ1) is 11.2. The lowest BCUT2D eigenvalue weighted by Gasteiger charge is -2.37. The van der Waals surface area contributed by atoms with Crippen molar-refractivity contribution in [2.75, 3.05) is 0 Å². The van der Waals surface area contributed by atoms with Crippen LogP contribution in [0.15, 0.2) is 46.2 Å². The van der Waals surface area contributed by atoms with Gasteiger partial charge < -0.3 is 0 Å². The van der Waals surface area contributed by atoms with E-state index >= 15 is 0 Å². The van der Waals surface area contributed by atoms with E-state index in [4.69, 9.17) is 0 Å². The van der Waals surface area contributed by atoms with Crippen molar-refractivity contribution in [1.29, 1.82) is 0 Å². The molecular weight excluding hydrogens is 574 g/mol. The molecule has 4 rings (SSSR count). The number of hydrogen-bond donors (Lipinski definition) is 0. The average molecular weight is 586 g/mol. The zero-order valence-corrected chi connectivity index (χ0v) is 18.2. The van der Waals surface area contributed by atoms with Crippen LogP contribution in [0.4, 0.5) is 0 Å². The van der Waals surface area contributed by atoms with Crippen LogP contribution in [0.1, 0.15) is 11.1 Å². The Labute approximate surface area is 168 Å². The second kappa shape index (κ2) is 5.65. The molecule has 2 aromatic rings. The summed E-state index contributed by atoms with van der Waals surface area (Å²) in [5, 5.41) is -1.81. The van der Waals surface area contributed by atoms with Gasteiger partial charge >= 0.3 is 0 Å². The summed E-state index contributed by atoms with van der Waals surface area (Å²) in [6.45, 7) is 0. The highest BCUT2D eigenvalue weighted by molar-refractivity contribution is 14.1. The van der Waals surface area contributed by atoms with Crippen molar-refractivity contribution in [2.24, 2.45) is 0 Å². The summed E-state index contributed by atoms with van der Waals surface area (Å²) in [6.07, 6.45) is 0.508. The van der Waals surface area contributed by atoms with Crippen LogP contribution in [-0.2, 0) is 32.5 Å². The third kappa shape index (κ3) is 2.39. The largest absolute Gasteiger partial charge is 0.223 e. The van der Waals surface area contributed by atoms with Gasteiger partial charge in [-0.15, -0.1) is 0 Å². The number of hydrogen-bond acceptors (Lipinski definition) is 4. The first-order valence-electron chi connectivity index (χ1n) is 7.26. The lowest BCUT2D eigenvalue weighted by molar-refractivity contribution is 0.523. The van der Waals surface area contributed by atoms with Crippen LogP contribution in [0.25, 0.3) is 0 Å². The maximum Gasteiger partial charge on any atom is 0.185 e. The predicted molar refractivity (Wildman–Crippen MR) is 108 cm³/mol. The van der Waals surface area contributed by atoms with Crippen molar-refractivity contribution in [3.05, 3.63) is 54.7 Å². The molecule has 0 aromatic heterocycles. The van der Waals surface area contributed by atoms with Gasteiger partial charge in [-0.25, -0.2) is 16.8 Å². The third-order valence-electron chi connectivity index (χ3n) is 4.74. The molecule has 24 heavy (non-hydrogen) atoms. The fraction of sp³-hybridized carbons (Fsp3) is 0.250. The Morgan fingerprint density at radius 2 is 1.38 bits per heavy atom. The Bertz CT molecular complexity index is 1080. The molecule has 0 fully saturated rings. The standard InChI is InChI=1S/C16H12I2O4S2/c17-11-7-12(18)16-15(8-11)23(19,20)13-5-9-3-1-2-4-10(9)6-14(13)24(16,21)22/h1-4,7-8,13-14H,5-6H2. The summed E-state index contributed by atoms with van der Waals surface area (Å²) in [5.74, 6) is 0. The monoisotopic (exact) mass is 586 g/mol. The molecule has 2 aliphatic rings. The number of fused-ring (bicyclic) bond motifs is 3. The zero-order chi connectivity index (χ0) is 17.3. The average Bonchev–Trinajstić information content (AvgIpc) is 2.51. The molecule has 0 amide bonds. The molecule has 0 radical (unpaired) electrons. The molecular formula is C16H12I2O4S2. The molecule has 1 aliphatic carbocycles. The van der Waals surface area contributed by atoms with Crippen LogP contribution in [0, 0.1) is 7.14 Å². The summed E-state index contributed by atoms with van der Waals surface area (Å²) in [6, 6.07) is 10.7. The van der Waals surface area contributed by atoms with E-state index in [-0.39, 0.29) is 22.6 Å². The van der Waals surface area contributed by atoms with Crippen LogP contribution in [-0.4, -0.2) is 27.3 Å². The molecule has 2 unspecified atom stereocenters. The van der Waals surface area contributed by atoms with Gasteiger partial charge in [0.1, 0.15) is 0 Å². The van der Waals surface area contributed by atoms with E-state index in [1.54, 1.807) is 6.07 Å². The van der Waals surface area contributed by atoms with Gasteiger partial charge in [0.2, 0.25) is 0 Å². The smallest absolute Gasteiger partial charge is 0.185 e. The molecule has 0 bridgehead atoms. The van der Waals surface area contributed by atoms with Crippen LogP contribution in [0.3, 0.4) is 0 Å². The van der Waals surface area contributed by atoms with E-state index in [2.05, 4.69) is 0 Å². The second-order valence-corrected chi connectivity index (χ2v) is 12.7. The molecule has 2 aromatic carbocycles.